The average molecular weight is 419 g/mol. The molecule has 8 heteroatoms. The molecule has 0 radical (unpaired) electrons. The number of amides is 1. The van der Waals surface area contributed by atoms with Crippen molar-refractivity contribution in [3.63, 3.8) is 0 Å². The Labute approximate surface area is 177 Å². The van der Waals surface area contributed by atoms with Gasteiger partial charge in [0, 0.05) is 30.4 Å². The van der Waals surface area contributed by atoms with Crippen molar-refractivity contribution < 1.29 is 9.72 Å². The van der Waals surface area contributed by atoms with Crippen molar-refractivity contribution >= 4 is 35.4 Å². The van der Waals surface area contributed by atoms with Crippen molar-refractivity contribution in [2.45, 2.75) is 19.8 Å². The SMILES string of the molecule is CCNCC1CCN(C(=O)c2ccc(Nc3ccccc3)c([N+](=O)[O-])c2)CC1.Cl. The maximum absolute atomic E-state index is 12.8. The Kier molecular flexibility index (Phi) is 8.42. The zero-order chi connectivity index (χ0) is 19.9. The number of carbonyl (C=O) groups excluding carboxylic acids is 1. The second-order valence-corrected chi connectivity index (χ2v) is 7.02. The topological polar surface area (TPSA) is 87.5 Å². The predicted octanol–water partition coefficient (Wildman–Crippen LogP) is 4.22. The number of benzene rings is 2. The van der Waals surface area contributed by atoms with Gasteiger partial charge in [0.1, 0.15) is 5.69 Å². The van der Waals surface area contributed by atoms with Crippen molar-refractivity contribution in [1.82, 2.24) is 10.2 Å². The van der Waals surface area contributed by atoms with Crippen LogP contribution < -0.4 is 10.6 Å². The third kappa shape index (κ3) is 5.92. The van der Waals surface area contributed by atoms with Gasteiger partial charge < -0.3 is 15.5 Å². The highest BCUT2D eigenvalue weighted by atomic mass is 35.5. The largest absolute Gasteiger partial charge is 0.350 e. The monoisotopic (exact) mass is 418 g/mol. The van der Waals surface area contributed by atoms with E-state index in [1.807, 2.05) is 30.3 Å². The molecule has 1 saturated heterocycles. The first kappa shape index (κ1) is 22.6. The molecular formula is C21H27ClN4O3. The van der Waals surface area contributed by atoms with Gasteiger partial charge in [0.2, 0.25) is 0 Å². The van der Waals surface area contributed by atoms with Crippen molar-refractivity contribution in [1.29, 1.82) is 0 Å². The van der Waals surface area contributed by atoms with E-state index in [4.69, 9.17) is 0 Å². The molecule has 0 spiro atoms. The van der Waals surface area contributed by atoms with E-state index in [0.717, 1.165) is 31.6 Å². The Hall–Kier alpha value is -2.64. The summed E-state index contributed by atoms with van der Waals surface area (Å²) in [6.45, 7) is 5.39. The molecule has 1 fully saturated rings. The summed E-state index contributed by atoms with van der Waals surface area (Å²) in [5.41, 5.74) is 1.39. The highest BCUT2D eigenvalue weighted by molar-refractivity contribution is 5.96. The van der Waals surface area contributed by atoms with E-state index in [2.05, 4.69) is 17.6 Å². The van der Waals surface area contributed by atoms with Gasteiger partial charge in [0.25, 0.3) is 11.6 Å². The van der Waals surface area contributed by atoms with Gasteiger partial charge in [0.15, 0.2) is 0 Å². The fourth-order valence-corrected chi connectivity index (χ4v) is 3.47. The molecule has 0 aliphatic carbocycles. The molecule has 7 nitrogen and oxygen atoms in total. The van der Waals surface area contributed by atoms with Crippen molar-refractivity contribution in [3.8, 4) is 0 Å². The molecule has 0 atom stereocenters. The number of nitrogens with zero attached hydrogens (tertiary/aromatic N) is 2. The van der Waals surface area contributed by atoms with E-state index in [-0.39, 0.29) is 24.0 Å². The summed E-state index contributed by atoms with van der Waals surface area (Å²) in [7, 11) is 0. The molecular weight excluding hydrogens is 392 g/mol. The van der Waals surface area contributed by atoms with Crippen molar-refractivity contribution in [2.24, 2.45) is 5.92 Å². The van der Waals surface area contributed by atoms with Gasteiger partial charge in [-0.1, -0.05) is 25.1 Å². The number of rotatable bonds is 7. The third-order valence-electron chi connectivity index (χ3n) is 5.08. The number of nitro benzene ring substituents is 1. The van der Waals surface area contributed by atoms with E-state index in [0.29, 0.717) is 30.3 Å². The molecule has 0 saturated carbocycles. The molecule has 1 aliphatic heterocycles. The summed E-state index contributed by atoms with van der Waals surface area (Å²) >= 11 is 0. The van der Waals surface area contributed by atoms with E-state index < -0.39 is 4.92 Å². The summed E-state index contributed by atoms with van der Waals surface area (Å²) in [4.78, 5) is 25.7. The Morgan fingerprint density at radius 1 is 1.17 bits per heavy atom. The number of nitro groups is 1. The molecule has 0 bridgehead atoms. The van der Waals surface area contributed by atoms with Crippen LogP contribution in [0.5, 0.6) is 0 Å². The fourth-order valence-electron chi connectivity index (χ4n) is 3.47. The van der Waals surface area contributed by atoms with Gasteiger partial charge in [-0.25, -0.2) is 0 Å². The number of hydrogen-bond donors (Lipinski definition) is 2. The lowest BCUT2D eigenvalue weighted by Crippen LogP contribution is -2.40. The number of para-hydroxylation sites is 1. The number of piperidine rings is 1. The number of hydrogen-bond acceptors (Lipinski definition) is 5. The lowest BCUT2D eigenvalue weighted by molar-refractivity contribution is -0.383. The van der Waals surface area contributed by atoms with Gasteiger partial charge in [0.05, 0.1) is 4.92 Å². The van der Waals surface area contributed by atoms with Crippen LogP contribution in [0.15, 0.2) is 48.5 Å². The molecule has 1 aliphatic rings. The highest BCUT2D eigenvalue weighted by Gasteiger charge is 2.25. The molecule has 2 aromatic carbocycles. The smallest absolute Gasteiger partial charge is 0.293 e. The third-order valence-corrected chi connectivity index (χ3v) is 5.08. The van der Waals surface area contributed by atoms with Crippen LogP contribution in [0.3, 0.4) is 0 Å². The zero-order valence-electron chi connectivity index (χ0n) is 16.5. The molecule has 1 heterocycles. The second kappa shape index (κ2) is 10.8. The number of anilines is 2. The quantitative estimate of drug-likeness (QED) is 0.519. The predicted molar refractivity (Wildman–Crippen MR) is 117 cm³/mol. The minimum absolute atomic E-state index is 0. The molecule has 2 aromatic rings. The van der Waals surface area contributed by atoms with Crippen LogP contribution in [-0.2, 0) is 0 Å². The molecule has 3 rings (SSSR count). The number of nitrogens with one attached hydrogen (secondary N) is 2. The highest BCUT2D eigenvalue weighted by Crippen LogP contribution is 2.29. The summed E-state index contributed by atoms with van der Waals surface area (Å²) in [6.07, 6.45) is 1.91. The number of halogens is 1. The molecule has 29 heavy (non-hydrogen) atoms. The Morgan fingerprint density at radius 2 is 1.86 bits per heavy atom. The van der Waals surface area contributed by atoms with E-state index in [1.54, 1.807) is 17.0 Å². The second-order valence-electron chi connectivity index (χ2n) is 7.02. The lowest BCUT2D eigenvalue weighted by Gasteiger charge is -2.32. The Balaban J connectivity index is 0.00000300. The van der Waals surface area contributed by atoms with Crippen LogP contribution in [0, 0.1) is 16.0 Å². The molecule has 156 valence electrons. The molecule has 0 unspecified atom stereocenters. The fraction of sp³-hybridized carbons (Fsp3) is 0.381. The molecule has 0 aromatic heterocycles. The molecule has 1 amide bonds. The standard InChI is InChI=1S/C21H26N4O3.ClH/c1-2-22-15-16-10-12-24(13-11-16)21(26)17-8-9-19(20(14-17)25(27)28)23-18-6-4-3-5-7-18;/h3-9,14,16,22-23H,2,10-13,15H2,1H3;1H. The minimum Gasteiger partial charge on any atom is -0.350 e. The van der Waals surface area contributed by atoms with Gasteiger partial charge in [-0.3, -0.25) is 14.9 Å². The first-order chi connectivity index (χ1) is 13.6. The van der Waals surface area contributed by atoms with Gasteiger partial charge in [-0.15, -0.1) is 12.4 Å². The Bertz CT molecular complexity index is 824. The number of likely N-dealkylation sites (tertiary alicyclic amines) is 1. The van der Waals surface area contributed by atoms with Gasteiger partial charge in [-0.2, -0.15) is 0 Å². The van der Waals surface area contributed by atoms with Crippen LogP contribution in [0.4, 0.5) is 17.1 Å². The normalized spacial score (nSPS) is 14.2. The maximum Gasteiger partial charge on any atom is 0.293 e. The molecule has 2 N–H and O–H groups in total. The van der Waals surface area contributed by atoms with E-state index in [1.165, 1.54) is 6.07 Å². The van der Waals surface area contributed by atoms with Gasteiger partial charge in [-0.05, 0) is 56.1 Å². The first-order valence-electron chi connectivity index (χ1n) is 9.69. The van der Waals surface area contributed by atoms with Crippen LogP contribution >= 0.6 is 12.4 Å². The summed E-state index contributed by atoms with van der Waals surface area (Å²) in [5.74, 6) is 0.437. The lowest BCUT2D eigenvalue weighted by atomic mass is 9.96. The Morgan fingerprint density at radius 3 is 2.48 bits per heavy atom. The van der Waals surface area contributed by atoms with Crippen LogP contribution in [0.1, 0.15) is 30.1 Å². The summed E-state index contributed by atoms with van der Waals surface area (Å²) in [6, 6.07) is 13.9. The number of carbonyl (C=O) groups is 1. The van der Waals surface area contributed by atoms with Crippen molar-refractivity contribution in [2.75, 3.05) is 31.5 Å². The van der Waals surface area contributed by atoms with Crippen LogP contribution in [-0.4, -0.2) is 41.9 Å². The van der Waals surface area contributed by atoms with Crippen molar-refractivity contribution in [3.05, 3.63) is 64.2 Å². The van der Waals surface area contributed by atoms with E-state index >= 15 is 0 Å². The average Bonchev–Trinajstić information content (AvgIpc) is 2.73. The minimum atomic E-state index is -0.454. The first-order valence-corrected chi connectivity index (χ1v) is 9.69. The zero-order valence-corrected chi connectivity index (χ0v) is 17.3. The summed E-state index contributed by atoms with van der Waals surface area (Å²) < 4.78 is 0. The van der Waals surface area contributed by atoms with Crippen LogP contribution in [0.2, 0.25) is 0 Å². The van der Waals surface area contributed by atoms with E-state index in [9.17, 15) is 14.9 Å². The summed E-state index contributed by atoms with van der Waals surface area (Å²) in [5, 5.41) is 17.9. The van der Waals surface area contributed by atoms with Crippen LogP contribution in [0.25, 0.3) is 0 Å². The maximum atomic E-state index is 12.8. The van der Waals surface area contributed by atoms with Gasteiger partial charge >= 0.3 is 0 Å².